The van der Waals surface area contributed by atoms with Crippen LogP contribution in [0, 0.1) is 17.0 Å². The van der Waals surface area contributed by atoms with Crippen LogP contribution in [0.25, 0.3) is 0 Å². The van der Waals surface area contributed by atoms with Crippen molar-refractivity contribution >= 4 is 5.69 Å². The molecule has 4 heteroatoms. The lowest BCUT2D eigenvalue weighted by molar-refractivity contribution is -0.385. The van der Waals surface area contributed by atoms with E-state index in [1.165, 1.54) is 0 Å². The Hall–Kier alpha value is -1.42. The Morgan fingerprint density at radius 3 is 2.69 bits per heavy atom. The summed E-state index contributed by atoms with van der Waals surface area (Å²) in [5.41, 5.74) is 1.95. The quantitative estimate of drug-likeness (QED) is 0.568. The lowest BCUT2D eigenvalue weighted by atomic mass is 10.1. The van der Waals surface area contributed by atoms with E-state index in [9.17, 15) is 10.1 Å². The number of aryl methyl sites for hydroxylation is 1. The number of nitro benzene ring substituents is 1. The summed E-state index contributed by atoms with van der Waals surface area (Å²) in [6, 6.07) is 5.14. The zero-order valence-electron chi connectivity index (χ0n) is 7.70. The van der Waals surface area contributed by atoms with Crippen molar-refractivity contribution in [3.63, 3.8) is 0 Å². The standard InChI is InChI=1S/C9H12N2O2/c1-7-5-8(6-10-2)3-4-9(7)11(12)13/h3-5,10H,6H2,1-2H3. The topological polar surface area (TPSA) is 55.2 Å². The molecule has 0 bridgehead atoms. The molecule has 0 heterocycles. The first-order valence-corrected chi connectivity index (χ1v) is 4.03. The fourth-order valence-electron chi connectivity index (χ4n) is 1.24. The van der Waals surface area contributed by atoms with Crippen molar-refractivity contribution in [2.75, 3.05) is 7.05 Å². The van der Waals surface area contributed by atoms with E-state index in [4.69, 9.17) is 0 Å². The van der Waals surface area contributed by atoms with Crippen LogP contribution in [-0.2, 0) is 6.54 Å². The highest BCUT2D eigenvalue weighted by atomic mass is 16.6. The molecule has 0 aliphatic carbocycles. The molecule has 0 saturated heterocycles. The normalized spacial score (nSPS) is 10.0. The first kappa shape index (κ1) is 9.67. The van der Waals surface area contributed by atoms with Crippen molar-refractivity contribution in [3.8, 4) is 0 Å². The van der Waals surface area contributed by atoms with E-state index in [1.54, 1.807) is 19.1 Å². The lowest BCUT2D eigenvalue weighted by Gasteiger charge is -2.01. The minimum absolute atomic E-state index is 0.180. The minimum Gasteiger partial charge on any atom is -0.316 e. The molecule has 1 N–H and O–H groups in total. The molecule has 0 atom stereocenters. The van der Waals surface area contributed by atoms with Gasteiger partial charge in [0.15, 0.2) is 0 Å². The van der Waals surface area contributed by atoms with E-state index in [0.717, 1.165) is 12.1 Å². The monoisotopic (exact) mass is 180 g/mol. The molecular weight excluding hydrogens is 168 g/mol. The molecule has 0 radical (unpaired) electrons. The van der Waals surface area contributed by atoms with E-state index in [-0.39, 0.29) is 10.6 Å². The minimum atomic E-state index is -0.363. The average molecular weight is 180 g/mol. The maximum absolute atomic E-state index is 10.5. The molecule has 1 rings (SSSR count). The van der Waals surface area contributed by atoms with Crippen LogP contribution in [0.15, 0.2) is 18.2 Å². The summed E-state index contributed by atoms with van der Waals surface area (Å²) >= 11 is 0. The van der Waals surface area contributed by atoms with Crippen molar-refractivity contribution in [2.45, 2.75) is 13.5 Å². The largest absolute Gasteiger partial charge is 0.316 e. The fraction of sp³-hybridized carbons (Fsp3) is 0.333. The van der Waals surface area contributed by atoms with Gasteiger partial charge in [0.25, 0.3) is 5.69 Å². The number of nitro groups is 1. The molecule has 1 aromatic rings. The fourth-order valence-corrected chi connectivity index (χ4v) is 1.24. The molecule has 13 heavy (non-hydrogen) atoms. The Bertz CT molecular complexity index is 323. The summed E-state index contributed by atoms with van der Waals surface area (Å²) < 4.78 is 0. The van der Waals surface area contributed by atoms with Crippen molar-refractivity contribution in [1.29, 1.82) is 0 Å². The molecule has 0 aromatic heterocycles. The summed E-state index contributed by atoms with van der Waals surface area (Å²) in [7, 11) is 1.84. The highest BCUT2D eigenvalue weighted by Crippen LogP contribution is 2.18. The van der Waals surface area contributed by atoms with Crippen LogP contribution in [0.3, 0.4) is 0 Å². The first-order valence-electron chi connectivity index (χ1n) is 4.03. The summed E-state index contributed by atoms with van der Waals surface area (Å²) in [4.78, 5) is 10.1. The second-order valence-corrected chi connectivity index (χ2v) is 2.91. The zero-order valence-corrected chi connectivity index (χ0v) is 7.70. The van der Waals surface area contributed by atoms with E-state index < -0.39 is 0 Å². The molecule has 4 nitrogen and oxygen atoms in total. The Morgan fingerprint density at radius 2 is 2.23 bits per heavy atom. The van der Waals surface area contributed by atoms with Gasteiger partial charge in [0, 0.05) is 18.2 Å². The molecule has 0 unspecified atom stereocenters. The highest BCUT2D eigenvalue weighted by Gasteiger charge is 2.09. The first-order chi connectivity index (χ1) is 6.15. The predicted molar refractivity (Wildman–Crippen MR) is 50.6 cm³/mol. The number of nitrogens with one attached hydrogen (secondary N) is 1. The van der Waals surface area contributed by atoms with Gasteiger partial charge in [0.2, 0.25) is 0 Å². The second-order valence-electron chi connectivity index (χ2n) is 2.91. The van der Waals surface area contributed by atoms with Gasteiger partial charge in [0.1, 0.15) is 0 Å². The number of rotatable bonds is 3. The maximum atomic E-state index is 10.5. The molecule has 0 amide bonds. The van der Waals surface area contributed by atoms with Crippen molar-refractivity contribution < 1.29 is 4.92 Å². The van der Waals surface area contributed by atoms with Crippen molar-refractivity contribution in [1.82, 2.24) is 5.32 Å². The third-order valence-corrected chi connectivity index (χ3v) is 1.84. The summed E-state index contributed by atoms with van der Waals surface area (Å²) in [6.07, 6.45) is 0. The molecule has 0 saturated carbocycles. The molecule has 1 aromatic carbocycles. The second kappa shape index (κ2) is 4.00. The molecular formula is C9H12N2O2. The van der Waals surface area contributed by atoms with Crippen molar-refractivity contribution in [2.24, 2.45) is 0 Å². The van der Waals surface area contributed by atoms with E-state index >= 15 is 0 Å². The Labute approximate surface area is 76.7 Å². The molecule has 0 aliphatic rings. The average Bonchev–Trinajstić information content (AvgIpc) is 2.04. The zero-order chi connectivity index (χ0) is 9.84. The lowest BCUT2D eigenvalue weighted by Crippen LogP contribution is -2.05. The summed E-state index contributed by atoms with van der Waals surface area (Å²) in [5.74, 6) is 0. The third kappa shape index (κ3) is 2.26. The Morgan fingerprint density at radius 1 is 1.54 bits per heavy atom. The number of nitrogens with zero attached hydrogens (tertiary/aromatic N) is 1. The Balaban J connectivity index is 2.98. The van der Waals surface area contributed by atoms with Crippen LogP contribution in [0.1, 0.15) is 11.1 Å². The van der Waals surface area contributed by atoms with Crippen LogP contribution < -0.4 is 5.32 Å². The van der Waals surface area contributed by atoms with Gasteiger partial charge in [-0.05, 0) is 25.6 Å². The molecule has 0 spiro atoms. The summed E-state index contributed by atoms with van der Waals surface area (Å²) in [6.45, 7) is 2.48. The van der Waals surface area contributed by atoms with Crippen LogP contribution in [0.2, 0.25) is 0 Å². The van der Waals surface area contributed by atoms with E-state index in [1.807, 2.05) is 13.1 Å². The predicted octanol–water partition coefficient (Wildman–Crippen LogP) is 1.62. The van der Waals surface area contributed by atoms with Gasteiger partial charge in [-0.25, -0.2) is 0 Å². The van der Waals surface area contributed by atoms with Gasteiger partial charge in [-0.2, -0.15) is 0 Å². The van der Waals surface area contributed by atoms with Gasteiger partial charge in [-0.3, -0.25) is 10.1 Å². The molecule has 0 aliphatic heterocycles. The van der Waals surface area contributed by atoms with Crippen LogP contribution in [-0.4, -0.2) is 12.0 Å². The van der Waals surface area contributed by atoms with Crippen molar-refractivity contribution in [3.05, 3.63) is 39.4 Å². The third-order valence-electron chi connectivity index (χ3n) is 1.84. The van der Waals surface area contributed by atoms with Crippen LogP contribution in [0.5, 0.6) is 0 Å². The van der Waals surface area contributed by atoms with Crippen LogP contribution >= 0.6 is 0 Å². The Kier molecular flexibility index (Phi) is 2.97. The number of benzene rings is 1. The molecule has 70 valence electrons. The maximum Gasteiger partial charge on any atom is 0.272 e. The van der Waals surface area contributed by atoms with Gasteiger partial charge in [0.05, 0.1) is 4.92 Å². The van der Waals surface area contributed by atoms with E-state index in [2.05, 4.69) is 5.32 Å². The van der Waals surface area contributed by atoms with Gasteiger partial charge < -0.3 is 5.32 Å². The smallest absolute Gasteiger partial charge is 0.272 e. The summed E-state index contributed by atoms with van der Waals surface area (Å²) in [5, 5.41) is 13.5. The van der Waals surface area contributed by atoms with Gasteiger partial charge >= 0.3 is 0 Å². The van der Waals surface area contributed by atoms with Gasteiger partial charge in [-0.1, -0.05) is 6.07 Å². The highest BCUT2D eigenvalue weighted by molar-refractivity contribution is 5.41. The van der Waals surface area contributed by atoms with Gasteiger partial charge in [-0.15, -0.1) is 0 Å². The SMILES string of the molecule is CNCc1ccc([N+](=O)[O-])c(C)c1. The van der Waals surface area contributed by atoms with E-state index in [0.29, 0.717) is 5.56 Å². The number of hydrogen-bond acceptors (Lipinski definition) is 3. The number of hydrogen-bond donors (Lipinski definition) is 1. The van der Waals surface area contributed by atoms with Crippen LogP contribution in [0.4, 0.5) is 5.69 Å². The molecule has 0 fully saturated rings.